The third-order valence-electron chi connectivity index (χ3n) is 5.37. The van der Waals surface area contributed by atoms with E-state index in [4.69, 9.17) is 18.9 Å². The zero-order valence-electron chi connectivity index (χ0n) is 17.7. The summed E-state index contributed by atoms with van der Waals surface area (Å²) in [6.07, 6.45) is 4.37. The highest BCUT2D eigenvalue weighted by Gasteiger charge is 2.47. The minimum absolute atomic E-state index is 0.0681. The Kier molecular flexibility index (Phi) is 5.64. The van der Waals surface area contributed by atoms with Crippen LogP contribution in [0.15, 0.2) is 46.5 Å². The number of carbonyl (C=O) groups is 3. The number of fused-ring (bicyclic) bond motifs is 3. The fourth-order valence-electron chi connectivity index (χ4n) is 3.58. The van der Waals surface area contributed by atoms with Gasteiger partial charge < -0.3 is 24.1 Å². The first-order valence-electron chi connectivity index (χ1n) is 9.73. The number of ether oxygens (including phenoxy) is 4. The molecule has 0 spiro atoms. The standard InChI is InChI=1S/C22H26O8/c1-6-12(2)19(24)28-16-10-22(5,26)17-7-8-21(4,30-17)9-15-18(16)14(20(25)29-15)11-27-13(3)23/h6-7,9,16,26H,8,10-11H2,1-5H3/b12-6+,15-9+/t16-,21-,22+/m0/s1. The fraction of sp³-hybridized carbons (Fsp3) is 0.500. The van der Waals surface area contributed by atoms with Crippen molar-refractivity contribution in [1.29, 1.82) is 0 Å². The normalized spacial score (nSPS) is 32.5. The largest absolute Gasteiger partial charge is 0.485 e. The summed E-state index contributed by atoms with van der Waals surface area (Å²) < 4.78 is 22.1. The average Bonchev–Trinajstić information content (AvgIpc) is 3.18. The van der Waals surface area contributed by atoms with Crippen LogP contribution in [-0.4, -0.2) is 46.9 Å². The number of allylic oxidation sites excluding steroid dienone is 1. The van der Waals surface area contributed by atoms with Gasteiger partial charge in [0.05, 0.1) is 5.57 Å². The Hall–Kier alpha value is -2.87. The number of rotatable bonds is 4. The van der Waals surface area contributed by atoms with Crippen molar-refractivity contribution in [3.8, 4) is 0 Å². The molecule has 2 bridgehead atoms. The summed E-state index contributed by atoms with van der Waals surface area (Å²) in [4.78, 5) is 36.4. The fourth-order valence-corrected chi connectivity index (χ4v) is 3.58. The quantitative estimate of drug-likeness (QED) is 0.421. The molecule has 0 aliphatic carbocycles. The molecule has 0 saturated carbocycles. The maximum absolute atomic E-state index is 12.6. The summed E-state index contributed by atoms with van der Waals surface area (Å²) >= 11 is 0. The maximum Gasteiger partial charge on any atom is 0.343 e. The van der Waals surface area contributed by atoms with Gasteiger partial charge in [0, 0.05) is 37.0 Å². The van der Waals surface area contributed by atoms with Crippen molar-refractivity contribution in [3.05, 3.63) is 46.5 Å². The Morgan fingerprint density at radius 2 is 2.03 bits per heavy atom. The second-order valence-electron chi connectivity index (χ2n) is 8.10. The van der Waals surface area contributed by atoms with E-state index in [1.807, 2.05) is 0 Å². The highest BCUT2D eigenvalue weighted by molar-refractivity contribution is 5.96. The van der Waals surface area contributed by atoms with Crippen LogP contribution in [0.5, 0.6) is 0 Å². The third kappa shape index (κ3) is 4.18. The van der Waals surface area contributed by atoms with E-state index < -0.39 is 35.2 Å². The van der Waals surface area contributed by atoms with Gasteiger partial charge in [-0.2, -0.15) is 0 Å². The average molecular weight is 418 g/mol. The van der Waals surface area contributed by atoms with E-state index in [2.05, 4.69) is 0 Å². The van der Waals surface area contributed by atoms with Crippen LogP contribution in [-0.2, 0) is 33.3 Å². The summed E-state index contributed by atoms with van der Waals surface area (Å²) in [5, 5.41) is 11.1. The molecule has 162 valence electrons. The molecule has 0 aromatic rings. The summed E-state index contributed by atoms with van der Waals surface area (Å²) in [5.74, 6) is -1.33. The molecular weight excluding hydrogens is 392 g/mol. The van der Waals surface area contributed by atoms with E-state index in [1.165, 1.54) is 6.92 Å². The molecule has 0 aromatic heterocycles. The smallest absolute Gasteiger partial charge is 0.343 e. The third-order valence-corrected chi connectivity index (χ3v) is 5.37. The number of carbonyl (C=O) groups excluding carboxylic acids is 3. The molecule has 0 unspecified atom stereocenters. The van der Waals surface area contributed by atoms with Crippen molar-refractivity contribution in [1.82, 2.24) is 0 Å². The molecule has 3 rings (SSSR count). The Bertz CT molecular complexity index is 917. The van der Waals surface area contributed by atoms with Gasteiger partial charge in [-0.1, -0.05) is 6.08 Å². The van der Waals surface area contributed by atoms with Crippen molar-refractivity contribution in [2.24, 2.45) is 0 Å². The molecule has 1 N–H and O–H groups in total. The number of hydrogen-bond donors (Lipinski definition) is 1. The van der Waals surface area contributed by atoms with E-state index in [-0.39, 0.29) is 29.9 Å². The summed E-state index contributed by atoms with van der Waals surface area (Å²) in [6, 6.07) is 0. The lowest BCUT2D eigenvalue weighted by molar-refractivity contribution is -0.145. The lowest BCUT2D eigenvalue weighted by Gasteiger charge is -2.30. The zero-order valence-corrected chi connectivity index (χ0v) is 17.7. The Labute approximate surface area is 174 Å². The van der Waals surface area contributed by atoms with Gasteiger partial charge in [0.15, 0.2) is 0 Å². The molecule has 8 heteroatoms. The van der Waals surface area contributed by atoms with Gasteiger partial charge in [0.2, 0.25) is 0 Å². The molecule has 3 aliphatic heterocycles. The van der Waals surface area contributed by atoms with E-state index in [0.29, 0.717) is 17.8 Å². The first kappa shape index (κ1) is 21.8. The van der Waals surface area contributed by atoms with Crippen molar-refractivity contribution in [2.45, 2.75) is 64.8 Å². The minimum atomic E-state index is -1.47. The van der Waals surface area contributed by atoms with Crippen molar-refractivity contribution >= 4 is 17.9 Å². The monoisotopic (exact) mass is 418 g/mol. The van der Waals surface area contributed by atoms with Gasteiger partial charge in [-0.25, -0.2) is 9.59 Å². The molecule has 3 heterocycles. The SMILES string of the molecule is C/C=C(\C)C(=O)O[C@H]1C[C@@](C)(O)C2=CC[C@@](C)(/C=C3/OC(=O)C(COC(C)=O)=C31)O2. The van der Waals surface area contributed by atoms with Crippen LogP contribution < -0.4 is 0 Å². The van der Waals surface area contributed by atoms with Crippen LogP contribution in [0, 0.1) is 0 Å². The molecule has 3 aliphatic rings. The first-order chi connectivity index (χ1) is 14.0. The second kappa shape index (κ2) is 7.75. The van der Waals surface area contributed by atoms with Crippen LogP contribution in [0.2, 0.25) is 0 Å². The summed E-state index contributed by atoms with van der Waals surface area (Å²) in [6.45, 7) is 7.55. The maximum atomic E-state index is 12.6. The van der Waals surface area contributed by atoms with E-state index in [0.717, 1.165) is 0 Å². The second-order valence-corrected chi connectivity index (χ2v) is 8.10. The highest BCUT2D eigenvalue weighted by atomic mass is 16.6. The summed E-state index contributed by atoms with van der Waals surface area (Å²) in [5.41, 5.74) is -1.61. The van der Waals surface area contributed by atoms with Crippen LogP contribution >= 0.6 is 0 Å². The summed E-state index contributed by atoms with van der Waals surface area (Å²) in [7, 11) is 0. The van der Waals surface area contributed by atoms with E-state index in [1.54, 1.807) is 45.9 Å². The topological polar surface area (TPSA) is 108 Å². The van der Waals surface area contributed by atoms with E-state index in [9.17, 15) is 19.5 Å². The van der Waals surface area contributed by atoms with Gasteiger partial charge in [-0.3, -0.25) is 4.79 Å². The lowest BCUT2D eigenvalue weighted by atomic mass is 9.88. The Balaban J connectivity index is 2.14. The van der Waals surface area contributed by atoms with Gasteiger partial charge in [-0.15, -0.1) is 0 Å². The zero-order chi connectivity index (χ0) is 22.3. The van der Waals surface area contributed by atoms with E-state index >= 15 is 0 Å². The van der Waals surface area contributed by atoms with Gasteiger partial charge in [0.25, 0.3) is 0 Å². The van der Waals surface area contributed by atoms with Crippen LogP contribution in [0.1, 0.15) is 47.5 Å². The number of aliphatic hydroxyl groups is 1. The number of esters is 3. The van der Waals surface area contributed by atoms with Gasteiger partial charge in [0.1, 0.15) is 35.4 Å². The number of hydrogen-bond acceptors (Lipinski definition) is 8. The minimum Gasteiger partial charge on any atom is -0.485 e. The lowest BCUT2D eigenvalue weighted by Crippen LogP contribution is -2.36. The van der Waals surface area contributed by atoms with Crippen LogP contribution in [0.4, 0.5) is 0 Å². The predicted octanol–water partition coefficient (Wildman–Crippen LogP) is 2.38. The van der Waals surface area contributed by atoms with Gasteiger partial charge in [-0.05, 0) is 33.8 Å². The van der Waals surface area contributed by atoms with Crippen molar-refractivity contribution < 1.29 is 38.4 Å². The molecule has 0 fully saturated rings. The molecule has 0 saturated heterocycles. The predicted molar refractivity (Wildman–Crippen MR) is 105 cm³/mol. The van der Waals surface area contributed by atoms with Crippen molar-refractivity contribution in [2.75, 3.05) is 6.61 Å². The molecule has 3 atom stereocenters. The molecule has 30 heavy (non-hydrogen) atoms. The van der Waals surface area contributed by atoms with Crippen molar-refractivity contribution in [3.63, 3.8) is 0 Å². The van der Waals surface area contributed by atoms with Gasteiger partial charge >= 0.3 is 17.9 Å². The molecule has 0 radical (unpaired) electrons. The Morgan fingerprint density at radius 3 is 2.67 bits per heavy atom. The van der Waals surface area contributed by atoms with Crippen LogP contribution in [0.25, 0.3) is 0 Å². The highest BCUT2D eigenvalue weighted by Crippen LogP contribution is 2.44. The molecule has 0 amide bonds. The Morgan fingerprint density at radius 1 is 1.33 bits per heavy atom. The van der Waals surface area contributed by atoms with Crippen LogP contribution in [0.3, 0.4) is 0 Å². The first-order valence-corrected chi connectivity index (χ1v) is 9.73. The molecule has 0 aromatic carbocycles. The molecular formula is C22H26O8. The molecule has 8 nitrogen and oxygen atoms in total.